The molecule has 4 rings (SSSR count). The molecule has 0 bridgehead atoms. The third-order valence-electron chi connectivity index (χ3n) is 10.7. The molecule has 4 aliphatic carbocycles. The van der Waals surface area contributed by atoms with Crippen LogP contribution in [0.3, 0.4) is 0 Å². The van der Waals surface area contributed by atoms with Gasteiger partial charge in [0.1, 0.15) is 17.7 Å². The van der Waals surface area contributed by atoms with Crippen LogP contribution in [0.5, 0.6) is 0 Å². The van der Waals surface area contributed by atoms with Crippen LogP contribution >= 0.6 is 0 Å². The second-order valence-corrected chi connectivity index (χ2v) is 12.8. The van der Waals surface area contributed by atoms with Crippen LogP contribution in [-0.4, -0.2) is 58.0 Å². The number of hydrogen-bond donors (Lipinski definition) is 4. The molecule has 4 N–H and O–H groups in total. The molecular weight excluding hydrogens is 510 g/mol. The fourth-order valence-corrected chi connectivity index (χ4v) is 8.26. The summed E-state index contributed by atoms with van der Waals surface area (Å²) in [6.07, 6.45) is 16.4. The van der Waals surface area contributed by atoms with Gasteiger partial charge in [0, 0.05) is 5.41 Å². The number of amides is 2. The van der Waals surface area contributed by atoms with Crippen molar-refractivity contribution in [3.8, 4) is 12.3 Å². The first-order chi connectivity index (χ1) is 18.9. The maximum absolute atomic E-state index is 12.3. The van der Waals surface area contributed by atoms with Crippen LogP contribution in [0, 0.1) is 40.9 Å². The second kappa shape index (κ2) is 11.6. The van der Waals surface area contributed by atoms with E-state index in [0.717, 1.165) is 50.7 Å². The molecular formula is C31H45N3O6. The lowest BCUT2D eigenvalue weighted by molar-refractivity contribution is -0.142. The first-order valence-electron chi connectivity index (χ1n) is 14.8. The molecule has 4 aliphatic rings. The number of oxime groups is 1. The fourth-order valence-electron chi connectivity index (χ4n) is 8.26. The minimum atomic E-state index is -1.10. The molecule has 9 heteroatoms. The zero-order valence-electron chi connectivity index (χ0n) is 24.3. The third kappa shape index (κ3) is 5.39. The quantitative estimate of drug-likeness (QED) is 0.254. The van der Waals surface area contributed by atoms with Crippen molar-refractivity contribution in [2.45, 2.75) is 110 Å². The standard InChI is InChI=1S/C31H45N3O6/c1-6-8-25(28(37)38)33-27(36)19(3)32-26(35)18-40-34-21-11-14-29(4)20(17-21)9-10-22-23(29)12-15-30(5)24(22)13-16-31(30,39)7-2/h2,17,19,22-25,39H,6,8-16,18H2,1,3-5H3,(H,32,35)(H,33,36)(H,37,38)/b34-21+/t19-,22-,23+,24-,25+,29+,30+,31-/m1/s1. The Balaban J connectivity index is 1.32. The Kier molecular flexibility index (Phi) is 8.70. The highest BCUT2D eigenvalue weighted by Gasteiger charge is 2.63. The monoisotopic (exact) mass is 555 g/mol. The maximum Gasteiger partial charge on any atom is 0.326 e. The molecule has 3 saturated carbocycles. The third-order valence-corrected chi connectivity index (χ3v) is 10.7. The highest BCUT2D eigenvalue weighted by molar-refractivity contribution is 5.96. The molecule has 0 aromatic carbocycles. The van der Waals surface area contributed by atoms with E-state index in [1.807, 2.05) is 6.92 Å². The van der Waals surface area contributed by atoms with E-state index in [9.17, 15) is 24.6 Å². The summed E-state index contributed by atoms with van der Waals surface area (Å²) < 4.78 is 0. The van der Waals surface area contributed by atoms with Gasteiger partial charge in [0.15, 0.2) is 6.61 Å². The summed E-state index contributed by atoms with van der Waals surface area (Å²) in [6.45, 7) is 7.59. The Hall–Kier alpha value is -2.86. The van der Waals surface area contributed by atoms with Gasteiger partial charge in [-0.2, -0.15) is 0 Å². The van der Waals surface area contributed by atoms with Crippen molar-refractivity contribution in [2.24, 2.45) is 33.7 Å². The molecule has 0 aromatic heterocycles. The van der Waals surface area contributed by atoms with Crippen molar-refractivity contribution < 1.29 is 29.4 Å². The van der Waals surface area contributed by atoms with Crippen molar-refractivity contribution in [1.29, 1.82) is 0 Å². The minimum Gasteiger partial charge on any atom is -0.480 e. The molecule has 0 aromatic rings. The molecule has 0 aliphatic heterocycles. The fraction of sp³-hybridized carbons (Fsp3) is 0.742. The molecule has 0 saturated heterocycles. The van der Waals surface area contributed by atoms with Crippen LogP contribution in [-0.2, 0) is 19.2 Å². The number of carbonyl (C=O) groups is 3. The zero-order chi connectivity index (χ0) is 29.3. The highest BCUT2D eigenvalue weighted by atomic mass is 16.6. The molecule has 9 nitrogen and oxygen atoms in total. The van der Waals surface area contributed by atoms with E-state index in [1.165, 1.54) is 12.5 Å². The van der Waals surface area contributed by atoms with E-state index in [4.69, 9.17) is 11.3 Å². The minimum absolute atomic E-state index is 0.0892. The summed E-state index contributed by atoms with van der Waals surface area (Å²) in [6, 6.07) is -1.88. The van der Waals surface area contributed by atoms with Gasteiger partial charge in [-0.15, -0.1) is 6.42 Å². The van der Waals surface area contributed by atoms with Crippen LogP contribution in [0.2, 0.25) is 0 Å². The first-order valence-corrected chi connectivity index (χ1v) is 14.8. The van der Waals surface area contributed by atoms with E-state index in [1.54, 1.807) is 0 Å². The summed E-state index contributed by atoms with van der Waals surface area (Å²) in [5.41, 5.74) is 1.10. The predicted molar refractivity (Wildman–Crippen MR) is 151 cm³/mol. The van der Waals surface area contributed by atoms with E-state index in [2.05, 4.69) is 41.6 Å². The number of terminal acetylenes is 1. The van der Waals surface area contributed by atoms with Crippen molar-refractivity contribution >= 4 is 23.5 Å². The van der Waals surface area contributed by atoms with Gasteiger partial charge in [0.05, 0.1) is 5.71 Å². The zero-order valence-corrected chi connectivity index (χ0v) is 24.3. The van der Waals surface area contributed by atoms with Gasteiger partial charge in [-0.1, -0.05) is 43.8 Å². The summed E-state index contributed by atoms with van der Waals surface area (Å²) in [5.74, 6) is 2.16. The largest absolute Gasteiger partial charge is 0.480 e. The van der Waals surface area contributed by atoms with E-state index in [0.29, 0.717) is 37.0 Å². The Morgan fingerprint density at radius 1 is 1.15 bits per heavy atom. The van der Waals surface area contributed by atoms with Crippen molar-refractivity contribution in [2.75, 3.05) is 6.61 Å². The van der Waals surface area contributed by atoms with E-state index >= 15 is 0 Å². The van der Waals surface area contributed by atoms with Gasteiger partial charge < -0.3 is 25.7 Å². The van der Waals surface area contributed by atoms with Gasteiger partial charge in [-0.3, -0.25) is 9.59 Å². The summed E-state index contributed by atoms with van der Waals surface area (Å²) in [7, 11) is 0. The summed E-state index contributed by atoms with van der Waals surface area (Å²) >= 11 is 0. The number of rotatable bonds is 9. The molecule has 0 unspecified atom stereocenters. The summed E-state index contributed by atoms with van der Waals surface area (Å²) in [4.78, 5) is 41.2. The van der Waals surface area contributed by atoms with Crippen LogP contribution in [0.4, 0.5) is 0 Å². The number of nitrogens with one attached hydrogen (secondary N) is 2. The molecule has 220 valence electrons. The number of nitrogens with zero attached hydrogens (tertiary/aromatic N) is 1. The van der Waals surface area contributed by atoms with Gasteiger partial charge in [-0.25, -0.2) is 4.79 Å². The lowest BCUT2D eigenvalue weighted by Crippen LogP contribution is -2.54. The summed E-state index contributed by atoms with van der Waals surface area (Å²) in [5, 5.41) is 29.6. The number of carboxylic acids is 1. The predicted octanol–water partition coefficient (Wildman–Crippen LogP) is 3.56. The highest BCUT2D eigenvalue weighted by Crippen LogP contribution is 2.67. The average molecular weight is 556 g/mol. The topological polar surface area (TPSA) is 137 Å². The Morgan fingerprint density at radius 2 is 1.88 bits per heavy atom. The van der Waals surface area contributed by atoms with Gasteiger partial charge in [0.2, 0.25) is 5.91 Å². The Bertz CT molecular complexity index is 1130. The van der Waals surface area contributed by atoms with E-state index in [-0.39, 0.29) is 17.4 Å². The number of aliphatic carboxylic acids is 1. The lowest BCUT2D eigenvalue weighted by Gasteiger charge is -2.58. The number of carbonyl (C=O) groups excluding carboxylic acids is 2. The van der Waals surface area contributed by atoms with Crippen LogP contribution in [0.25, 0.3) is 0 Å². The molecule has 8 atom stereocenters. The lowest BCUT2D eigenvalue weighted by atomic mass is 9.46. The molecule has 0 spiro atoms. The van der Waals surface area contributed by atoms with Gasteiger partial charge in [-0.05, 0) is 94.0 Å². The molecule has 40 heavy (non-hydrogen) atoms. The number of aliphatic hydroxyl groups is 1. The van der Waals surface area contributed by atoms with Crippen LogP contribution in [0.1, 0.15) is 91.9 Å². The average Bonchev–Trinajstić information content (AvgIpc) is 3.19. The molecule has 3 fully saturated rings. The first kappa shape index (κ1) is 30.1. The SMILES string of the molecule is C#C[C@@]1(O)CC[C@@H]2[C@@H]3CCC4=C/C(=N/OCC(=O)N[C@H](C)C(=O)N[C@@H](CCC)C(=O)O)CC[C@]4(C)[C@H]3CC[C@@]21C. The number of fused-ring (bicyclic) bond motifs is 5. The smallest absolute Gasteiger partial charge is 0.326 e. The van der Waals surface area contributed by atoms with Crippen LogP contribution < -0.4 is 10.6 Å². The second-order valence-electron chi connectivity index (χ2n) is 12.8. The molecule has 0 heterocycles. The Labute approximate surface area is 237 Å². The Morgan fingerprint density at radius 3 is 2.55 bits per heavy atom. The van der Waals surface area contributed by atoms with Crippen molar-refractivity contribution in [3.05, 3.63) is 11.6 Å². The van der Waals surface area contributed by atoms with Crippen molar-refractivity contribution in [1.82, 2.24) is 10.6 Å². The van der Waals surface area contributed by atoms with E-state index < -0.39 is 35.5 Å². The number of hydrogen-bond acceptors (Lipinski definition) is 6. The van der Waals surface area contributed by atoms with Gasteiger partial charge >= 0.3 is 5.97 Å². The maximum atomic E-state index is 12.3. The van der Waals surface area contributed by atoms with Crippen LogP contribution in [0.15, 0.2) is 16.8 Å². The number of allylic oxidation sites excluding steroid dienone is 2. The van der Waals surface area contributed by atoms with Gasteiger partial charge in [0.25, 0.3) is 5.91 Å². The number of carboxylic acid groups (broad SMARTS) is 1. The normalized spacial score (nSPS) is 37.0. The van der Waals surface area contributed by atoms with Crippen molar-refractivity contribution in [3.63, 3.8) is 0 Å². The molecule has 0 radical (unpaired) electrons. The molecule has 2 amide bonds.